The lowest BCUT2D eigenvalue weighted by atomic mass is 10.2. The highest BCUT2D eigenvalue weighted by atomic mass is 35.5. The van der Waals surface area contributed by atoms with E-state index >= 15 is 0 Å². The van der Waals surface area contributed by atoms with Crippen LogP contribution in [0.3, 0.4) is 0 Å². The number of nitro groups is 1. The minimum atomic E-state index is -3.04. The Morgan fingerprint density at radius 1 is 1.65 bits per heavy atom. The van der Waals surface area contributed by atoms with E-state index in [0.717, 1.165) is 0 Å². The standard InChI is InChI=1S/C8H5ClF2N2O4/c9-7-3(8(10)11)1-5(13(16)17)12-4(7)2-6(14)15/h1,8H,2H2,(H,14,15). The van der Waals surface area contributed by atoms with Gasteiger partial charge in [0.05, 0.1) is 5.02 Å². The smallest absolute Gasteiger partial charge is 0.364 e. The van der Waals surface area contributed by atoms with Gasteiger partial charge in [0.25, 0.3) is 6.43 Å². The van der Waals surface area contributed by atoms with Gasteiger partial charge in [-0.25, -0.2) is 8.78 Å². The third-order valence-electron chi connectivity index (χ3n) is 1.78. The molecule has 1 aromatic rings. The van der Waals surface area contributed by atoms with E-state index in [-0.39, 0.29) is 0 Å². The fourth-order valence-corrected chi connectivity index (χ4v) is 1.35. The first-order chi connectivity index (χ1) is 7.82. The summed E-state index contributed by atoms with van der Waals surface area (Å²) in [6.07, 6.45) is -3.81. The van der Waals surface area contributed by atoms with Crippen LogP contribution < -0.4 is 0 Å². The van der Waals surface area contributed by atoms with Crippen molar-refractivity contribution in [1.82, 2.24) is 4.98 Å². The van der Waals surface area contributed by atoms with Gasteiger partial charge in [0.2, 0.25) is 0 Å². The average Bonchev–Trinajstić information content (AvgIpc) is 2.19. The van der Waals surface area contributed by atoms with Gasteiger partial charge in [-0.1, -0.05) is 11.6 Å². The number of carbonyl (C=O) groups is 1. The molecular formula is C8H5ClF2N2O4. The van der Waals surface area contributed by atoms with Crippen molar-refractivity contribution in [3.63, 3.8) is 0 Å². The molecule has 0 aliphatic rings. The van der Waals surface area contributed by atoms with Gasteiger partial charge in [-0.15, -0.1) is 0 Å². The minimum Gasteiger partial charge on any atom is -0.481 e. The monoisotopic (exact) mass is 266 g/mol. The number of aliphatic carboxylic acids is 1. The number of pyridine rings is 1. The topological polar surface area (TPSA) is 93.3 Å². The maximum atomic E-state index is 12.5. The molecule has 0 spiro atoms. The first-order valence-corrected chi connectivity index (χ1v) is 4.54. The normalized spacial score (nSPS) is 10.6. The van der Waals surface area contributed by atoms with E-state index in [0.29, 0.717) is 6.07 Å². The fraction of sp³-hybridized carbons (Fsp3) is 0.250. The van der Waals surface area contributed by atoms with E-state index < -0.39 is 45.8 Å². The zero-order valence-electron chi connectivity index (χ0n) is 8.06. The SMILES string of the molecule is O=C(O)Cc1nc([N+](=O)[O-])cc(C(F)F)c1Cl. The summed E-state index contributed by atoms with van der Waals surface area (Å²) >= 11 is 5.50. The molecule has 0 radical (unpaired) electrons. The van der Waals surface area contributed by atoms with Gasteiger partial charge in [0, 0.05) is 11.6 Å². The molecule has 1 heterocycles. The molecule has 6 nitrogen and oxygen atoms in total. The molecule has 0 saturated heterocycles. The molecule has 0 aliphatic heterocycles. The number of hydrogen-bond donors (Lipinski definition) is 1. The molecule has 17 heavy (non-hydrogen) atoms. The van der Waals surface area contributed by atoms with Crippen LogP contribution in [0.25, 0.3) is 0 Å². The summed E-state index contributed by atoms with van der Waals surface area (Å²) in [5.41, 5.74) is -1.26. The zero-order valence-corrected chi connectivity index (χ0v) is 8.82. The molecular weight excluding hydrogens is 262 g/mol. The molecule has 0 aliphatic carbocycles. The van der Waals surface area contributed by atoms with Crippen molar-refractivity contribution >= 4 is 23.4 Å². The van der Waals surface area contributed by atoms with Crippen molar-refractivity contribution in [1.29, 1.82) is 0 Å². The van der Waals surface area contributed by atoms with E-state index in [4.69, 9.17) is 16.7 Å². The number of carboxylic acid groups (broad SMARTS) is 1. The lowest BCUT2D eigenvalue weighted by Gasteiger charge is -2.04. The highest BCUT2D eigenvalue weighted by Crippen LogP contribution is 2.31. The Balaban J connectivity index is 3.37. The van der Waals surface area contributed by atoms with Gasteiger partial charge < -0.3 is 15.2 Å². The van der Waals surface area contributed by atoms with Crippen LogP contribution in [0.4, 0.5) is 14.6 Å². The third kappa shape index (κ3) is 3.06. The van der Waals surface area contributed by atoms with Crippen LogP contribution in [0.1, 0.15) is 17.7 Å². The van der Waals surface area contributed by atoms with E-state index in [9.17, 15) is 23.7 Å². The van der Waals surface area contributed by atoms with E-state index in [1.165, 1.54) is 0 Å². The Morgan fingerprint density at radius 3 is 2.65 bits per heavy atom. The van der Waals surface area contributed by atoms with Gasteiger partial charge in [-0.05, 0) is 9.91 Å². The van der Waals surface area contributed by atoms with Crippen LogP contribution in [-0.2, 0) is 11.2 Å². The van der Waals surface area contributed by atoms with Crippen molar-refractivity contribution in [2.75, 3.05) is 0 Å². The van der Waals surface area contributed by atoms with Crippen molar-refractivity contribution in [2.24, 2.45) is 0 Å². The molecule has 0 bridgehead atoms. The van der Waals surface area contributed by atoms with Gasteiger partial charge in [0.1, 0.15) is 6.42 Å². The van der Waals surface area contributed by atoms with E-state index in [1.807, 2.05) is 0 Å². The summed E-state index contributed by atoms with van der Waals surface area (Å²) in [5.74, 6) is -2.24. The van der Waals surface area contributed by atoms with Crippen LogP contribution in [0.5, 0.6) is 0 Å². The number of alkyl halides is 2. The quantitative estimate of drug-likeness (QED) is 0.666. The predicted molar refractivity (Wildman–Crippen MR) is 52.2 cm³/mol. The molecule has 1 rings (SSSR count). The molecule has 0 saturated carbocycles. The lowest BCUT2D eigenvalue weighted by Crippen LogP contribution is -2.07. The van der Waals surface area contributed by atoms with E-state index in [1.54, 1.807) is 0 Å². The summed E-state index contributed by atoms with van der Waals surface area (Å²) in [6.45, 7) is 0. The van der Waals surface area contributed by atoms with Gasteiger partial charge >= 0.3 is 11.8 Å². The van der Waals surface area contributed by atoms with Gasteiger partial charge in [0.15, 0.2) is 5.69 Å². The Morgan fingerprint density at radius 2 is 2.24 bits per heavy atom. The van der Waals surface area contributed by atoms with Gasteiger partial charge in [-0.3, -0.25) is 4.79 Å². The molecule has 1 N–H and O–H groups in total. The molecule has 0 atom stereocenters. The number of halogens is 3. The summed E-state index contributed by atoms with van der Waals surface area (Å²) in [5, 5.41) is 18.4. The second-order valence-electron chi connectivity index (χ2n) is 2.96. The number of hydrogen-bond acceptors (Lipinski definition) is 4. The van der Waals surface area contributed by atoms with Crippen LogP contribution in [-0.4, -0.2) is 21.0 Å². The lowest BCUT2D eigenvalue weighted by molar-refractivity contribution is -0.389. The summed E-state index contributed by atoms with van der Waals surface area (Å²) < 4.78 is 25.0. The van der Waals surface area contributed by atoms with Crippen LogP contribution >= 0.6 is 11.6 Å². The molecule has 0 amide bonds. The molecule has 0 aromatic carbocycles. The maximum absolute atomic E-state index is 12.5. The van der Waals surface area contributed by atoms with Crippen molar-refractivity contribution in [3.8, 4) is 0 Å². The second kappa shape index (κ2) is 5.00. The zero-order chi connectivity index (χ0) is 13.2. The van der Waals surface area contributed by atoms with Crippen molar-refractivity contribution in [3.05, 3.63) is 32.5 Å². The highest BCUT2D eigenvalue weighted by Gasteiger charge is 2.25. The minimum absolute atomic E-state index is 0.455. The molecule has 0 unspecified atom stereocenters. The average molecular weight is 267 g/mol. The maximum Gasteiger partial charge on any atom is 0.364 e. The van der Waals surface area contributed by atoms with Crippen LogP contribution in [0.15, 0.2) is 6.07 Å². The first-order valence-electron chi connectivity index (χ1n) is 4.16. The fourth-order valence-electron chi connectivity index (χ4n) is 1.10. The second-order valence-corrected chi connectivity index (χ2v) is 3.34. The predicted octanol–water partition coefficient (Wildman–Crippen LogP) is 2.21. The highest BCUT2D eigenvalue weighted by molar-refractivity contribution is 6.32. The number of carboxylic acids is 1. The third-order valence-corrected chi connectivity index (χ3v) is 2.22. The Labute approximate surface area is 98.0 Å². The molecule has 92 valence electrons. The van der Waals surface area contributed by atoms with Crippen LogP contribution in [0, 0.1) is 10.1 Å². The molecule has 9 heteroatoms. The summed E-state index contributed by atoms with van der Waals surface area (Å²) in [7, 11) is 0. The summed E-state index contributed by atoms with van der Waals surface area (Å²) in [6, 6.07) is 0.526. The Hall–Kier alpha value is -1.83. The molecule has 1 aromatic heterocycles. The largest absolute Gasteiger partial charge is 0.481 e. The van der Waals surface area contributed by atoms with Crippen molar-refractivity contribution < 1.29 is 23.6 Å². The molecule has 0 fully saturated rings. The van der Waals surface area contributed by atoms with Gasteiger partial charge in [-0.2, -0.15) is 0 Å². The number of aromatic nitrogens is 1. The number of rotatable bonds is 4. The van der Waals surface area contributed by atoms with Crippen LogP contribution in [0.2, 0.25) is 5.02 Å². The van der Waals surface area contributed by atoms with Crippen molar-refractivity contribution in [2.45, 2.75) is 12.8 Å². The Kier molecular flexibility index (Phi) is 3.89. The van der Waals surface area contributed by atoms with E-state index in [2.05, 4.69) is 4.98 Å². The Bertz CT molecular complexity index is 481. The first kappa shape index (κ1) is 13.2. The number of nitrogens with zero attached hydrogens (tertiary/aromatic N) is 2. The summed E-state index contributed by atoms with van der Waals surface area (Å²) in [4.78, 5) is 23.2.